The average molecular weight is 231 g/mol. The molecule has 0 saturated carbocycles. The number of ether oxygens (including phenoxy) is 1. The molecule has 0 aliphatic carbocycles. The first-order chi connectivity index (χ1) is 8.06. The van der Waals surface area contributed by atoms with E-state index in [1.165, 1.54) is 18.2 Å². The summed E-state index contributed by atoms with van der Waals surface area (Å²) in [6, 6.07) is 10.0. The number of aryl methyl sites for hydroxylation is 2. The van der Waals surface area contributed by atoms with Crippen molar-refractivity contribution in [3.8, 4) is 11.5 Å². The van der Waals surface area contributed by atoms with Gasteiger partial charge in [-0.2, -0.15) is 0 Å². The van der Waals surface area contributed by atoms with E-state index in [1.54, 1.807) is 0 Å². The summed E-state index contributed by atoms with van der Waals surface area (Å²) in [5.74, 6) is 0.847. The van der Waals surface area contributed by atoms with Gasteiger partial charge in [-0.05, 0) is 43.2 Å². The van der Waals surface area contributed by atoms with E-state index >= 15 is 0 Å². The van der Waals surface area contributed by atoms with Gasteiger partial charge in [0.1, 0.15) is 11.6 Å². The van der Waals surface area contributed by atoms with Gasteiger partial charge in [-0.25, -0.2) is 4.39 Å². The van der Waals surface area contributed by atoms with Gasteiger partial charge in [-0.15, -0.1) is 0 Å². The van der Waals surface area contributed by atoms with Crippen LogP contribution in [0.3, 0.4) is 0 Å². The van der Waals surface area contributed by atoms with E-state index in [1.807, 2.05) is 32.0 Å². The van der Waals surface area contributed by atoms with Crippen molar-refractivity contribution >= 4 is 5.69 Å². The van der Waals surface area contributed by atoms with Crippen molar-refractivity contribution in [2.24, 2.45) is 0 Å². The molecule has 88 valence electrons. The molecule has 0 saturated heterocycles. The van der Waals surface area contributed by atoms with Crippen LogP contribution < -0.4 is 10.5 Å². The van der Waals surface area contributed by atoms with Gasteiger partial charge < -0.3 is 10.5 Å². The van der Waals surface area contributed by atoms with Crippen molar-refractivity contribution in [2.45, 2.75) is 13.8 Å². The van der Waals surface area contributed by atoms with Crippen molar-refractivity contribution < 1.29 is 9.13 Å². The molecule has 0 heterocycles. The molecule has 0 aliphatic rings. The number of nitrogen functional groups attached to an aromatic ring is 1. The van der Waals surface area contributed by atoms with Crippen LogP contribution in [0.1, 0.15) is 11.1 Å². The highest BCUT2D eigenvalue weighted by atomic mass is 19.1. The molecule has 17 heavy (non-hydrogen) atoms. The Labute approximate surface area is 99.8 Å². The molecule has 0 aromatic heterocycles. The predicted molar refractivity (Wildman–Crippen MR) is 66.8 cm³/mol. The summed E-state index contributed by atoms with van der Waals surface area (Å²) >= 11 is 0. The molecule has 0 atom stereocenters. The highest BCUT2D eigenvalue weighted by Crippen LogP contribution is 2.30. The first-order valence-electron chi connectivity index (χ1n) is 5.36. The SMILES string of the molecule is Cc1ccc(C)c(Oc2ccc(F)cc2N)c1. The summed E-state index contributed by atoms with van der Waals surface area (Å²) in [5.41, 5.74) is 8.11. The molecule has 0 amide bonds. The maximum atomic E-state index is 12.9. The Morgan fingerprint density at radius 2 is 1.76 bits per heavy atom. The Bertz CT molecular complexity index is 552. The summed E-state index contributed by atoms with van der Waals surface area (Å²) in [5, 5.41) is 0. The van der Waals surface area contributed by atoms with Crippen LogP contribution in [-0.2, 0) is 0 Å². The Balaban J connectivity index is 2.34. The third-order valence-corrected chi connectivity index (χ3v) is 2.54. The fraction of sp³-hybridized carbons (Fsp3) is 0.143. The van der Waals surface area contributed by atoms with Crippen LogP contribution in [0.2, 0.25) is 0 Å². The lowest BCUT2D eigenvalue weighted by Crippen LogP contribution is -1.94. The van der Waals surface area contributed by atoms with E-state index in [0.29, 0.717) is 11.4 Å². The smallest absolute Gasteiger partial charge is 0.150 e. The minimum Gasteiger partial charge on any atom is -0.455 e. The lowest BCUT2D eigenvalue weighted by Gasteiger charge is -2.11. The Morgan fingerprint density at radius 1 is 1.00 bits per heavy atom. The predicted octanol–water partition coefficient (Wildman–Crippen LogP) is 3.82. The summed E-state index contributed by atoms with van der Waals surface area (Å²) in [7, 11) is 0. The average Bonchev–Trinajstić information content (AvgIpc) is 2.27. The minimum absolute atomic E-state index is 0.297. The summed E-state index contributed by atoms with van der Waals surface area (Å²) in [4.78, 5) is 0. The molecule has 0 fully saturated rings. The van der Waals surface area contributed by atoms with Crippen LogP contribution in [0.4, 0.5) is 10.1 Å². The number of hydrogen-bond donors (Lipinski definition) is 1. The zero-order chi connectivity index (χ0) is 12.4. The van der Waals surface area contributed by atoms with E-state index in [9.17, 15) is 4.39 Å². The fourth-order valence-electron chi connectivity index (χ4n) is 1.55. The van der Waals surface area contributed by atoms with E-state index in [0.717, 1.165) is 16.9 Å². The number of benzene rings is 2. The van der Waals surface area contributed by atoms with Gasteiger partial charge in [0.25, 0.3) is 0 Å². The normalized spacial score (nSPS) is 10.3. The van der Waals surface area contributed by atoms with Crippen LogP contribution in [0.5, 0.6) is 11.5 Å². The van der Waals surface area contributed by atoms with Crippen molar-refractivity contribution in [1.82, 2.24) is 0 Å². The van der Waals surface area contributed by atoms with Crippen LogP contribution in [0.15, 0.2) is 36.4 Å². The molecular weight excluding hydrogens is 217 g/mol. The third-order valence-electron chi connectivity index (χ3n) is 2.54. The van der Waals surface area contributed by atoms with Crippen molar-refractivity contribution in [3.05, 3.63) is 53.3 Å². The third kappa shape index (κ3) is 2.56. The molecule has 2 nitrogen and oxygen atoms in total. The van der Waals surface area contributed by atoms with Crippen molar-refractivity contribution in [1.29, 1.82) is 0 Å². The summed E-state index contributed by atoms with van der Waals surface area (Å²) in [6.07, 6.45) is 0. The largest absolute Gasteiger partial charge is 0.455 e. The number of hydrogen-bond acceptors (Lipinski definition) is 2. The molecule has 2 aromatic carbocycles. The van der Waals surface area contributed by atoms with Crippen molar-refractivity contribution in [2.75, 3.05) is 5.73 Å². The van der Waals surface area contributed by atoms with Crippen LogP contribution in [0.25, 0.3) is 0 Å². The van der Waals surface area contributed by atoms with E-state index < -0.39 is 0 Å². The molecule has 0 bridgehead atoms. The van der Waals surface area contributed by atoms with Crippen LogP contribution >= 0.6 is 0 Å². The monoisotopic (exact) mass is 231 g/mol. The lowest BCUT2D eigenvalue weighted by molar-refractivity contribution is 0.479. The number of rotatable bonds is 2. The Kier molecular flexibility index (Phi) is 3.00. The van der Waals surface area contributed by atoms with E-state index in [4.69, 9.17) is 10.5 Å². The molecule has 2 rings (SSSR count). The zero-order valence-electron chi connectivity index (χ0n) is 9.83. The van der Waals surface area contributed by atoms with Gasteiger partial charge in [-0.3, -0.25) is 0 Å². The second-order valence-electron chi connectivity index (χ2n) is 4.05. The molecule has 0 unspecified atom stereocenters. The molecule has 3 heteroatoms. The number of halogens is 1. The van der Waals surface area contributed by atoms with Gasteiger partial charge in [0.15, 0.2) is 5.75 Å². The molecule has 2 aromatic rings. The van der Waals surface area contributed by atoms with Gasteiger partial charge >= 0.3 is 0 Å². The second-order valence-corrected chi connectivity index (χ2v) is 4.05. The first kappa shape index (κ1) is 11.5. The first-order valence-corrected chi connectivity index (χ1v) is 5.36. The highest BCUT2D eigenvalue weighted by Gasteiger charge is 2.06. The lowest BCUT2D eigenvalue weighted by atomic mass is 10.1. The maximum Gasteiger partial charge on any atom is 0.150 e. The molecular formula is C14H14FNO. The number of anilines is 1. The maximum absolute atomic E-state index is 12.9. The van der Waals surface area contributed by atoms with Crippen LogP contribution in [0, 0.1) is 19.7 Å². The number of nitrogens with two attached hydrogens (primary N) is 1. The summed E-state index contributed by atoms with van der Waals surface area (Å²) < 4.78 is 18.6. The van der Waals surface area contributed by atoms with Crippen LogP contribution in [-0.4, -0.2) is 0 Å². The topological polar surface area (TPSA) is 35.2 Å². The highest BCUT2D eigenvalue weighted by molar-refractivity contribution is 5.54. The standard InChI is InChI=1S/C14H14FNO/c1-9-3-4-10(2)14(7-9)17-13-6-5-11(15)8-12(13)16/h3-8H,16H2,1-2H3. The van der Waals surface area contributed by atoms with Gasteiger partial charge in [-0.1, -0.05) is 12.1 Å². The molecule has 0 aliphatic heterocycles. The Hall–Kier alpha value is -2.03. The Morgan fingerprint density at radius 3 is 2.47 bits per heavy atom. The second kappa shape index (κ2) is 4.45. The molecule has 0 spiro atoms. The zero-order valence-corrected chi connectivity index (χ0v) is 9.83. The van der Waals surface area contributed by atoms with E-state index in [2.05, 4.69) is 0 Å². The van der Waals surface area contributed by atoms with Gasteiger partial charge in [0, 0.05) is 6.07 Å². The molecule has 2 N–H and O–H groups in total. The van der Waals surface area contributed by atoms with Gasteiger partial charge in [0.2, 0.25) is 0 Å². The van der Waals surface area contributed by atoms with Crippen molar-refractivity contribution in [3.63, 3.8) is 0 Å². The quantitative estimate of drug-likeness (QED) is 0.797. The summed E-state index contributed by atoms with van der Waals surface area (Å²) in [6.45, 7) is 3.94. The fourth-order valence-corrected chi connectivity index (χ4v) is 1.55. The minimum atomic E-state index is -0.365. The van der Waals surface area contributed by atoms with Gasteiger partial charge in [0.05, 0.1) is 5.69 Å². The van der Waals surface area contributed by atoms with E-state index in [-0.39, 0.29) is 5.82 Å². The molecule has 0 radical (unpaired) electrons.